The van der Waals surface area contributed by atoms with E-state index in [1.807, 2.05) is 0 Å². The van der Waals surface area contributed by atoms with Crippen LogP contribution in [0.25, 0.3) is 0 Å². The molecule has 0 aliphatic heterocycles. The third-order valence-corrected chi connectivity index (χ3v) is 3.12. The molecule has 0 aliphatic carbocycles. The van der Waals surface area contributed by atoms with Gasteiger partial charge in [0.15, 0.2) is 0 Å². The molecule has 7 nitrogen and oxygen atoms in total. The Labute approximate surface area is 111 Å². The van der Waals surface area contributed by atoms with Crippen LogP contribution in [0.5, 0.6) is 0 Å². The standard InChI is InChI=1S/C11H8N2O5S/c1-6-5-18-11(12-6)19-8-4-2-3-7(10(14)15)9(8)13(16)17/h2-5H,1H3,(H,14,15). The van der Waals surface area contributed by atoms with Crippen molar-refractivity contribution in [1.29, 1.82) is 0 Å². The normalized spacial score (nSPS) is 10.4. The van der Waals surface area contributed by atoms with Crippen molar-refractivity contribution >= 4 is 23.4 Å². The number of carboxylic acid groups (broad SMARTS) is 1. The lowest BCUT2D eigenvalue weighted by Crippen LogP contribution is -2.03. The third kappa shape index (κ3) is 2.74. The minimum atomic E-state index is -1.35. The number of aromatic carboxylic acids is 1. The second-order valence-corrected chi connectivity index (χ2v) is 4.56. The van der Waals surface area contributed by atoms with Gasteiger partial charge in [-0.15, -0.1) is 0 Å². The first kappa shape index (κ1) is 13.1. The Bertz CT molecular complexity index is 652. The van der Waals surface area contributed by atoms with Gasteiger partial charge in [0, 0.05) is 0 Å². The largest absolute Gasteiger partial charge is 0.477 e. The molecule has 0 saturated heterocycles. The van der Waals surface area contributed by atoms with Gasteiger partial charge in [0.25, 0.3) is 10.9 Å². The number of nitrogens with zero attached hydrogens (tertiary/aromatic N) is 2. The van der Waals surface area contributed by atoms with Crippen LogP contribution in [0.3, 0.4) is 0 Å². The molecule has 2 aromatic rings. The van der Waals surface area contributed by atoms with Crippen LogP contribution in [0.1, 0.15) is 16.1 Å². The Balaban J connectivity index is 2.47. The van der Waals surface area contributed by atoms with Crippen LogP contribution in [-0.2, 0) is 0 Å². The van der Waals surface area contributed by atoms with Crippen molar-refractivity contribution in [3.63, 3.8) is 0 Å². The van der Waals surface area contributed by atoms with Gasteiger partial charge in [-0.2, -0.15) is 0 Å². The topological polar surface area (TPSA) is 106 Å². The molecule has 1 N–H and O–H groups in total. The van der Waals surface area contributed by atoms with E-state index >= 15 is 0 Å². The van der Waals surface area contributed by atoms with Crippen LogP contribution in [0.15, 0.2) is 39.0 Å². The number of nitro groups is 1. The van der Waals surface area contributed by atoms with E-state index < -0.39 is 16.6 Å². The first-order valence-corrected chi connectivity index (χ1v) is 5.91. The number of hydrogen-bond donors (Lipinski definition) is 1. The van der Waals surface area contributed by atoms with Crippen molar-refractivity contribution in [2.45, 2.75) is 17.0 Å². The van der Waals surface area contributed by atoms with E-state index in [2.05, 4.69) is 4.98 Å². The molecule has 0 fully saturated rings. The van der Waals surface area contributed by atoms with Crippen molar-refractivity contribution in [2.24, 2.45) is 0 Å². The molecule has 2 rings (SSSR count). The average Bonchev–Trinajstić information content (AvgIpc) is 2.74. The summed E-state index contributed by atoms with van der Waals surface area (Å²) in [6, 6.07) is 4.08. The van der Waals surface area contributed by atoms with Gasteiger partial charge in [-0.1, -0.05) is 6.07 Å². The first-order chi connectivity index (χ1) is 8.99. The molecule has 0 unspecified atom stereocenters. The number of carbonyl (C=O) groups is 1. The number of para-hydroxylation sites is 1. The number of oxazole rings is 1. The average molecular weight is 280 g/mol. The maximum atomic E-state index is 11.0. The Morgan fingerprint density at radius 1 is 1.53 bits per heavy atom. The fourth-order valence-corrected chi connectivity index (χ4v) is 2.34. The maximum Gasteiger partial charge on any atom is 0.342 e. The van der Waals surface area contributed by atoms with E-state index in [1.54, 1.807) is 6.92 Å². The smallest absolute Gasteiger partial charge is 0.342 e. The zero-order chi connectivity index (χ0) is 14.0. The van der Waals surface area contributed by atoms with Crippen LogP contribution in [0, 0.1) is 17.0 Å². The predicted molar refractivity (Wildman–Crippen MR) is 65.4 cm³/mol. The molecular formula is C11H8N2O5S. The fraction of sp³-hybridized carbons (Fsp3) is 0.0909. The van der Waals surface area contributed by atoms with Gasteiger partial charge in [-0.3, -0.25) is 10.1 Å². The number of hydrogen-bond acceptors (Lipinski definition) is 6. The molecule has 1 aromatic heterocycles. The summed E-state index contributed by atoms with van der Waals surface area (Å²) < 4.78 is 5.09. The van der Waals surface area contributed by atoms with Crippen LogP contribution >= 0.6 is 11.8 Å². The summed E-state index contributed by atoms with van der Waals surface area (Å²) in [5, 5.41) is 20.2. The first-order valence-electron chi connectivity index (χ1n) is 5.09. The van der Waals surface area contributed by atoms with E-state index in [-0.39, 0.29) is 15.7 Å². The van der Waals surface area contributed by atoms with E-state index in [1.165, 1.54) is 24.5 Å². The molecule has 0 aliphatic rings. The van der Waals surface area contributed by atoms with Gasteiger partial charge in [-0.25, -0.2) is 9.78 Å². The Morgan fingerprint density at radius 3 is 2.79 bits per heavy atom. The summed E-state index contributed by atoms with van der Waals surface area (Å²) in [5.41, 5.74) is -0.186. The van der Waals surface area contributed by atoms with Gasteiger partial charge in [0.2, 0.25) is 0 Å². The van der Waals surface area contributed by atoms with Crippen LogP contribution in [0.4, 0.5) is 5.69 Å². The molecule has 1 aromatic carbocycles. The van der Waals surface area contributed by atoms with Gasteiger partial charge >= 0.3 is 5.97 Å². The van der Waals surface area contributed by atoms with Gasteiger partial charge in [0.05, 0.1) is 15.5 Å². The number of aromatic nitrogens is 1. The van der Waals surface area contributed by atoms with Gasteiger partial charge in [-0.05, 0) is 30.8 Å². The van der Waals surface area contributed by atoms with Crippen LogP contribution in [0.2, 0.25) is 0 Å². The van der Waals surface area contributed by atoms with Crippen molar-refractivity contribution in [1.82, 2.24) is 4.98 Å². The Hall–Kier alpha value is -2.35. The minimum absolute atomic E-state index is 0.173. The molecule has 0 radical (unpaired) electrons. The molecule has 0 bridgehead atoms. The van der Waals surface area contributed by atoms with E-state index in [0.717, 1.165) is 11.8 Å². The highest BCUT2D eigenvalue weighted by Gasteiger charge is 2.25. The summed E-state index contributed by atoms with van der Waals surface area (Å²) in [6.45, 7) is 1.72. The number of aryl methyl sites for hydroxylation is 1. The van der Waals surface area contributed by atoms with Crippen molar-refractivity contribution in [3.8, 4) is 0 Å². The number of benzene rings is 1. The molecule has 19 heavy (non-hydrogen) atoms. The number of carboxylic acids is 1. The highest BCUT2D eigenvalue weighted by molar-refractivity contribution is 7.99. The monoisotopic (exact) mass is 280 g/mol. The summed E-state index contributed by atoms with van der Waals surface area (Å²) in [5.74, 6) is -1.35. The van der Waals surface area contributed by atoms with E-state index in [0.29, 0.717) is 5.69 Å². The summed E-state index contributed by atoms with van der Waals surface area (Å²) >= 11 is 0.912. The summed E-state index contributed by atoms with van der Waals surface area (Å²) in [7, 11) is 0. The summed E-state index contributed by atoms with van der Waals surface area (Å²) in [6.07, 6.45) is 1.41. The second-order valence-electron chi connectivity index (χ2n) is 3.57. The molecule has 0 saturated carbocycles. The molecule has 0 atom stereocenters. The molecular weight excluding hydrogens is 272 g/mol. The predicted octanol–water partition coefficient (Wildman–Crippen LogP) is 2.74. The Morgan fingerprint density at radius 2 is 2.26 bits per heavy atom. The molecule has 1 heterocycles. The fourth-order valence-electron chi connectivity index (χ4n) is 1.44. The van der Waals surface area contributed by atoms with Gasteiger partial charge in [0.1, 0.15) is 11.8 Å². The molecule has 98 valence electrons. The van der Waals surface area contributed by atoms with Gasteiger partial charge < -0.3 is 9.52 Å². The van der Waals surface area contributed by atoms with E-state index in [9.17, 15) is 14.9 Å². The van der Waals surface area contributed by atoms with Crippen molar-refractivity contribution in [2.75, 3.05) is 0 Å². The number of rotatable bonds is 4. The van der Waals surface area contributed by atoms with Crippen LogP contribution in [-0.4, -0.2) is 21.0 Å². The molecule has 0 spiro atoms. The molecule has 8 heteroatoms. The minimum Gasteiger partial charge on any atom is -0.477 e. The second kappa shape index (κ2) is 5.11. The van der Waals surface area contributed by atoms with Crippen molar-refractivity contribution < 1.29 is 19.2 Å². The lowest BCUT2D eigenvalue weighted by molar-refractivity contribution is -0.388. The van der Waals surface area contributed by atoms with E-state index in [4.69, 9.17) is 9.52 Å². The highest BCUT2D eigenvalue weighted by Crippen LogP contribution is 2.36. The van der Waals surface area contributed by atoms with Crippen LogP contribution < -0.4 is 0 Å². The highest BCUT2D eigenvalue weighted by atomic mass is 32.2. The maximum absolute atomic E-state index is 11.0. The van der Waals surface area contributed by atoms with Crippen molar-refractivity contribution in [3.05, 3.63) is 45.8 Å². The quantitative estimate of drug-likeness (QED) is 0.677. The summed E-state index contributed by atoms with van der Waals surface area (Å²) in [4.78, 5) is 25.5. The SMILES string of the molecule is Cc1coc(Sc2cccc(C(=O)O)c2[N+](=O)[O-])n1. The molecule has 0 amide bonds. The number of nitro benzene ring substituents is 1. The zero-order valence-electron chi connectivity index (χ0n) is 9.69. The zero-order valence-corrected chi connectivity index (χ0v) is 10.5. The lowest BCUT2D eigenvalue weighted by Gasteiger charge is -2.02. The lowest BCUT2D eigenvalue weighted by atomic mass is 10.2. The third-order valence-electron chi connectivity index (χ3n) is 2.21. The Kier molecular flexibility index (Phi) is 3.52.